The van der Waals surface area contributed by atoms with Crippen LogP contribution in [0.15, 0.2) is 140 Å². The molecule has 8 aromatic rings. The molecule has 0 aliphatic rings. The van der Waals surface area contributed by atoms with Gasteiger partial charge in [0.2, 0.25) is 5.91 Å². The van der Waals surface area contributed by atoms with Gasteiger partial charge in [0.25, 0.3) is 0 Å². The highest BCUT2D eigenvalue weighted by atomic mass is 16.5. The molecule has 0 atom stereocenters. The minimum Gasteiger partial charge on any atom is -0.497 e. The predicted molar refractivity (Wildman–Crippen MR) is 255 cm³/mol. The first-order chi connectivity index (χ1) is 31.8. The van der Waals surface area contributed by atoms with E-state index in [-0.39, 0.29) is 19.1 Å². The van der Waals surface area contributed by atoms with Crippen molar-refractivity contribution in [3.05, 3.63) is 163 Å². The van der Waals surface area contributed by atoms with Crippen LogP contribution >= 0.6 is 0 Å². The zero-order valence-electron chi connectivity index (χ0n) is 36.3. The molecule has 14 heteroatoms. The van der Waals surface area contributed by atoms with Crippen LogP contribution in [0.3, 0.4) is 0 Å². The number of aromatic nitrogens is 5. The minimum atomic E-state index is -0.208. The number of nitrogens with zero attached hydrogens (tertiary/aromatic N) is 5. The molecule has 3 aromatic heterocycles. The van der Waals surface area contributed by atoms with E-state index in [1.54, 1.807) is 25.8 Å². The van der Waals surface area contributed by atoms with Crippen molar-refractivity contribution in [2.45, 2.75) is 13.8 Å². The maximum atomic E-state index is 11.5. The van der Waals surface area contributed by atoms with Crippen LogP contribution in [-0.4, -0.2) is 64.7 Å². The third kappa shape index (κ3) is 12.4. The lowest BCUT2D eigenvalue weighted by Crippen LogP contribution is -2.27. The van der Waals surface area contributed by atoms with E-state index in [1.807, 2.05) is 129 Å². The number of hydrogen-bond donors (Lipinski definition) is 4. The van der Waals surface area contributed by atoms with E-state index in [4.69, 9.17) is 24.7 Å². The molecule has 1 amide bonds. The number of methoxy groups -OCH3 is 2. The number of nitrogens with two attached hydrogens (primary N) is 1. The van der Waals surface area contributed by atoms with E-state index in [9.17, 15) is 4.79 Å². The van der Waals surface area contributed by atoms with Crippen LogP contribution in [0.5, 0.6) is 28.7 Å². The van der Waals surface area contributed by atoms with Crippen LogP contribution in [0, 0.1) is 25.7 Å². The predicted octanol–water partition coefficient (Wildman–Crippen LogP) is 9.44. The largest absolute Gasteiger partial charge is 0.497 e. The molecule has 14 nitrogen and oxygen atoms in total. The lowest BCUT2D eigenvalue weighted by molar-refractivity contribution is -0.124. The molecule has 326 valence electrons. The van der Waals surface area contributed by atoms with E-state index in [1.165, 1.54) is 13.4 Å². The van der Waals surface area contributed by atoms with Crippen LogP contribution in [0.2, 0.25) is 0 Å². The third-order valence-corrected chi connectivity index (χ3v) is 9.63. The lowest BCUT2D eigenvalue weighted by atomic mass is 10.1. The van der Waals surface area contributed by atoms with Gasteiger partial charge >= 0.3 is 0 Å². The van der Waals surface area contributed by atoms with Crippen molar-refractivity contribution < 1.29 is 23.7 Å². The van der Waals surface area contributed by atoms with Crippen molar-refractivity contribution in [2.24, 2.45) is 5.73 Å². The number of aryl methyl sites for hydroxylation is 2. The Balaban J connectivity index is 0.000000198. The average Bonchev–Trinajstić information content (AvgIpc) is 3.32. The second-order valence-electron chi connectivity index (χ2n) is 14.4. The number of nitrogens with one attached hydrogen (secondary N) is 3. The van der Waals surface area contributed by atoms with Gasteiger partial charge in [0, 0.05) is 53.6 Å². The highest BCUT2D eigenvalue weighted by molar-refractivity contribution is 5.93. The topological polar surface area (TPSA) is 181 Å². The first-order valence-electron chi connectivity index (χ1n) is 20.5. The normalized spacial score (nSPS) is 10.7. The summed E-state index contributed by atoms with van der Waals surface area (Å²) in [5.41, 5.74) is 12.8. The second kappa shape index (κ2) is 22.1. The lowest BCUT2D eigenvalue weighted by Gasteiger charge is -2.13. The number of amides is 1. The zero-order chi connectivity index (χ0) is 45.4. The van der Waals surface area contributed by atoms with Crippen molar-refractivity contribution in [1.29, 1.82) is 0 Å². The molecule has 5 N–H and O–H groups in total. The number of pyridine rings is 1. The van der Waals surface area contributed by atoms with Crippen LogP contribution in [0.25, 0.3) is 27.9 Å². The maximum Gasteiger partial charge on any atom is 0.246 e. The van der Waals surface area contributed by atoms with Gasteiger partial charge in [-0.05, 0) is 122 Å². The molecule has 0 unspecified atom stereocenters. The van der Waals surface area contributed by atoms with Crippen LogP contribution in [0.4, 0.5) is 23.0 Å². The fraction of sp³-hybridized carbons (Fsp3) is 0.137. The summed E-state index contributed by atoms with van der Waals surface area (Å²) in [4.78, 5) is 33.1. The Labute approximate surface area is 376 Å². The Kier molecular flexibility index (Phi) is 15.2. The Morgan fingerprint density at radius 1 is 0.708 bits per heavy atom. The van der Waals surface area contributed by atoms with Crippen molar-refractivity contribution >= 4 is 56.8 Å². The summed E-state index contributed by atoms with van der Waals surface area (Å²) >= 11 is 0. The van der Waals surface area contributed by atoms with Gasteiger partial charge in [-0.2, -0.15) is 0 Å². The fourth-order valence-electron chi connectivity index (χ4n) is 6.47. The number of anilines is 4. The number of hydrogen-bond acceptors (Lipinski definition) is 13. The molecule has 8 rings (SSSR count). The van der Waals surface area contributed by atoms with Crippen LogP contribution < -0.4 is 35.9 Å². The number of rotatable bonds is 14. The molecule has 0 fully saturated rings. The highest BCUT2D eigenvalue weighted by Gasteiger charge is 2.10. The Bertz CT molecular complexity index is 3010. The quantitative estimate of drug-likeness (QED) is 0.0760. The molecular formula is C51H47N9O5. The molecule has 0 saturated heterocycles. The van der Waals surface area contributed by atoms with E-state index in [0.29, 0.717) is 23.9 Å². The number of carbonyl (C=O) groups is 1. The summed E-state index contributed by atoms with van der Waals surface area (Å²) in [5.74, 6) is 10.9. The van der Waals surface area contributed by atoms with Crippen molar-refractivity contribution in [3.63, 3.8) is 0 Å². The van der Waals surface area contributed by atoms with Crippen molar-refractivity contribution in [1.82, 2.24) is 30.2 Å². The van der Waals surface area contributed by atoms with Crippen LogP contribution in [-0.2, 0) is 9.53 Å². The molecule has 0 aliphatic heterocycles. The monoisotopic (exact) mass is 865 g/mol. The molecule has 5 aromatic carbocycles. The van der Waals surface area contributed by atoms with E-state index in [0.717, 1.165) is 78.5 Å². The Hall–Kier alpha value is -8.38. The molecule has 0 radical (unpaired) electrons. The SMILES string of the molecule is COCC(=O)NCC#Cc1ccc2ncnc(Nc3ccc(Oc4cccc(OC)c4)c(C)c3)c2c1.Cc1cc(Nc2ncnc3ccc(C=CCN)cc23)ccc1Oc1cccnc1. The van der Waals surface area contributed by atoms with Gasteiger partial charge in [-0.1, -0.05) is 36.1 Å². The summed E-state index contributed by atoms with van der Waals surface area (Å²) in [7, 11) is 3.10. The standard InChI is InChI=1S/C28H26N4O4.C23H21N5O/c1-19-14-21(10-12-26(19)36-23-8-4-7-22(16-23)35-3)32-28-24-15-20(9-11-25(24)30-18-31-28)6-5-13-29-27(33)17-34-2;1-16-12-18(7-9-22(16)29-19-5-3-11-25-14-19)28-23-20-13-17(4-2-10-24)6-8-21(20)26-15-27-23/h4,7-12,14-16,18H,13,17H2,1-3H3,(H,29,33)(H,30,31,32);2-9,11-15H,10,24H2,1H3,(H,26,27,28). The number of benzene rings is 5. The van der Waals surface area contributed by atoms with Gasteiger partial charge in [0.15, 0.2) is 0 Å². The van der Waals surface area contributed by atoms with Gasteiger partial charge in [-0.25, -0.2) is 19.9 Å². The summed E-state index contributed by atoms with van der Waals surface area (Å²) < 4.78 is 22.0. The maximum absolute atomic E-state index is 11.5. The van der Waals surface area contributed by atoms with Crippen LogP contribution in [0.1, 0.15) is 22.3 Å². The molecule has 0 spiro atoms. The Morgan fingerprint density at radius 2 is 1.35 bits per heavy atom. The molecule has 65 heavy (non-hydrogen) atoms. The van der Waals surface area contributed by atoms with Crippen molar-refractivity contribution in [3.8, 4) is 40.6 Å². The van der Waals surface area contributed by atoms with Gasteiger partial charge in [-0.3, -0.25) is 9.78 Å². The number of fused-ring (bicyclic) bond motifs is 2. The highest BCUT2D eigenvalue weighted by Crippen LogP contribution is 2.32. The first-order valence-corrected chi connectivity index (χ1v) is 20.5. The second-order valence-corrected chi connectivity index (χ2v) is 14.4. The average molecular weight is 866 g/mol. The molecule has 0 saturated carbocycles. The molecular weight excluding hydrogens is 819 g/mol. The van der Waals surface area contributed by atoms with E-state index in [2.05, 4.69) is 58.8 Å². The third-order valence-electron chi connectivity index (χ3n) is 9.63. The Morgan fingerprint density at radius 3 is 1.98 bits per heavy atom. The number of ether oxygens (including phenoxy) is 4. The summed E-state index contributed by atoms with van der Waals surface area (Å²) in [6.45, 7) is 4.74. The smallest absolute Gasteiger partial charge is 0.246 e. The van der Waals surface area contributed by atoms with Gasteiger partial charge < -0.3 is 40.6 Å². The molecule has 0 bridgehead atoms. The molecule has 0 aliphatic carbocycles. The zero-order valence-corrected chi connectivity index (χ0v) is 36.3. The van der Waals surface area contributed by atoms with E-state index < -0.39 is 0 Å². The minimum absolute atomic E-state index is 0.0115. The number of carbonyl (C=O) groups excluding carboxylic acids is 1. The van der Waals surface area contributed by atoms with Gasteiger partial charge in [0.05, 0.1) is 30.9 Å². The summed E-state index contributed by atoms with van der Waals surface area (Å²) in [5, 5.41) is 11.2. The molecule has 3 heterocycles. The van der Waals surface area contributed by atoms with Gasteiger partial charge in [0.1, 0.15) is 59.6 Å². The van der Waals surface area contributed by atoms with Gasteiger partial charge in [-0.15, -0.1) is 0 Å². The first kappa shape index (κ1) is 44.7. The van der Waals surface area contributed by atoms with E-state index >= 15 is 0 Å². The van der Waals surface area contributed by atoms with Crippen molar-refractivity contribution in [2.75, 3.05) is 44.5 Å². The summed E-state index contributed by atoms with van der Waals surface area (Å²) in [6.07, 6.45) is 10.4. The fourth-order valence-corrected chi connectivity index (χ4v) is 6.47. The summed E-state index contributed by atoms with van der Waals surface area (Å²) in [6, 6.07) is 34.7.